The number of nitrogens with one attached hydrogen (secondary N) is 1. The molecule has 18 heavy (non-hydrogen) atoms. The molecule has 1 N–H and O–H groups in total. The van der Waals surface area contributed by atoms with E-state index >= 15 is 0 Å². The van der Waals surface area contributed by atoms with E-state index in [0.717, 1.165) is 30.1 Å². The maximum absolute atomic E-state index is 13.2. The Labute approximate surface area is 109 Å². The molecule has 100 valence electrons. The highest BCUT2D eigenvalue weighted by Gasteiger charge is 2.20. The van der Waals surface area contributed by atoms with Crippen molar-refractivity contribution in [3.63, 3.8) is 0 Å². The second-order valence-corrected chi connectivity index (χ2v) is 5.28. The number of ether oxygens (including phenoxy) is 1. The highest BCUT2D eigenvalue weighted by atomic mass is 19.1. The van der Waals surface area contributed by atoms with Crippen molar-refractivity contribution in [2.24, 2.45) is 5.92 Å². The SMILES string of the molecule is CNCc1cc(F)ccc1OC1CCC(C)CC1. The van der Waals surface area contributed by atoms with Crippen LogP contribution in [0.4, 0.5) is 4.39 Å². The molecule has 0 bridgehead atoms. The predicted molar refractivity (Wildman–Crippen MR) is 71.2 cm³/mol. The van der Waals surface area contributed by atoms with E-state index < -0.39 is 0 Å². The quantitative estimate of drug-likeness (QED) is 0.884. The smallest absolute Gasteiger partial charge is 0.124 e. The molecule has 1 fully saturated rings. The summed E-state index contributed by atoms with van der Waals surface area (Å²) in [6.45, 7) is 2.93. The van der Waals surface area contributed by atoms with Crippen LogP contribution in [0.2, 0.25) is 0 Å². The fraction of sp³-hybridized carbons (Fsp3) is 0.600. The molecule has 1 aliphatic carbocycles. The molecule has 1 aromatic rings. The summed E-state index contributed by atoms with van der Waals surface area (Å²) in [6.07, 6.45) is 4.97. The van der Waals surface area contributed by atoms with Gasteiger partial charge in [0.15, 0.2) is 0 Å². The summed E-state index contributed by atoms with van der Waals surface area (Å²) in [7, 11) is 1.86. The van der Waals surface area contributed by atoms with Gasteiger partial charge in [0.25, 0.3) is 0 Å². The van der Waals surface area contributed by atoms with Crippen LogP contribution in [-0.4, -0.2) is 13.2 Å². The lowest BCUT2D eigenvalue weighted by Gasteiger charge is -2.27. The van der Waals surface area contributed by atoms with Gasteiger partial charge in [-0.1, -0.05) is 6.92 Å². The van der Waals surface area contributed by atoms with Crippen LogP contribution in [0.1, 0.15) is 38.2 Å². The molecule has 2 nitrogen and oxygen atoms in total. The molecule has 1 aromatic carbocycles. The topological polar surface area (TPSA) is 21.3 Å². The van der Waals surface area contributed by atoms with Crippen LogP contribution in [0.3, 0.4) is 0 Å². The van der Waals surface area contributed by atoms with Gasteiger partial charge in [-0.25, -0.2) is 4.39 Å². The van der Waals surface area contributed by atoms with Crippen LogP contribution in [0.15, 0.2) is 18.2 Å². The first-order valence-corrected chi connectivity index (χ1v) is 6.78. The first-order chi connectivity index (χ1) is 8.69. The first-order valence-electron chi connectivity index (χ1n) is 6.78. The van der Waals surface area contributed by atoms with E-state index in [1.807, 2.05) is 7.05 Å². The average molecular weight is 251 g/mol. The molecular formula is C15H22FNO. The van der Waals surface area contributed by atoms with E-state index in [1.54, 1.807) is 12.1 Å². The third-order valence-electron chi connectivity index (χ3n) is 3.65. The van der Waals surface area contributed by atoms with Crippen LogP contribution in [0.25, 0.3) is 0 Å². The van der Waals surface area contributed by atoms with Gasteiger partial charge in [-0.3, -0.25) is 0 Å². The highest BCUT2D eigenvalue weighted by Crippen LogP contribution is 2.29. The molecule has 0 atom stereocenters. The zero-order valence-corrected chi connectivity index (χ0v) is 11.2. The molecule has 0 aromatic heterocycles. The van der Waals surface area contributed by atoms with Crippen molar-refractivity contribution in [2.75, 3.05) is 7.05 Å². The molecule has 2 rings (SSSR count). The van der Waals surface area contributed by atoms with Crippen LogP contribution >= 0.6 is 0 Å². The number of rotatable bonds is 4. The molecule has 0 unspecified atom stereocenters. The summed E-state index contributed by atoms with van der Waals surface area (Å²) in [4.78, 5) is 0. The fourth-order valence-electron chi connectivity index (χ4n) is 2.52. The van der Waals surface area contributed by atoms with Gasteiger partial charge in [-0.15, -0.1) is 0 Å². The second-order valence-electron chi connectivity index (χ2n) is 5.28. The zero-order chi connectivity index (χ0) is 13.0. The predicted octanol–water partition coefficient (Wildman–Crippen LogP) is 3.50. The summed E-state index contributed by atoms with van der Waals surface area (Å²) in [5, 5.41) is 3.05. The Morgan fingerprint density at radius 2 is 2.00 bits per heavy atom. The van der Waals surface area contributed by atoms with Crippen LogP contribution in [0, 0.1) is 11.7 Å². The summed E-state index contributed by atoms with van der Waals surface area (Å²) < 4.78 is 19.3. The van der Waals surface area contributed by atoms with E-state index in [4.69, 9.17) is 4.74 Å². The maximum atomic E-state index is 13.2. The lowest BCUT2D eigenvalue weighted by Crippen LogP contribution is -2.23. The monoisotopic (exact) mass is 251 g/mol. The van der Waals surface area contributed by atoms with Gasteiger partial charge in [0.1, 0.15) is 11.6 Å². The molecule has 0 radical (unpaired) electrons. The third-order valence-corrected chi connectivity index (χ3v) is 3.65. The van der Waals surface area contributed by atoms with E-state index in [0.29, 0.717) is 12.6 Å². The van der Waals surface area contributed by atoms with Gasteiger partial charge in [0.2, 0.25) is 0 Å². The van der Waals surface area contributed by atoms with Crippen molar-refractivity contribution in [2.45, 2.75) is 45.3 Å². The number of hydrogen-bond acceptors (Lipinski definition) is 2. The Kier molecular flexibility index (Phi) is 4.59. The van der Waals surface area contributed by atoms with Gasteiger partial charge < -0.3 is 10.1 Å². The standard InChI is InChI=1S/C15H22FNO/c1-11-3-6-14(7-4-11)18-15-8-5-13(16)9-12(15)10-17-2/h5,8-9,11,14,17H,3-4,6-7,10H2,1-2H3. The maximum Gasteiger partial charge on any atom is 0.124 e. The van der Waals surface area contributed by atoms with Crippen LogP contribution in [-0.2, 0) is 6.54 Å². The third kappa shape index (κ3) is 3.45. The summed E-state index contributed by atoms with van der Waals surface area (Å²) >= 11 is 0. The van der Waals surface area contributed by atoms with Crippen molar-refractivity contribution >= 4 is 0 Å². The van der Waals surface area contributed by atoms with Crippen molar-refractivity contribution in [1.29, 1.82) is 0 Å². The average Bonchev–Trinajstić information content (AvgIpc) is 2.36. The van der Waals surface area contributed by atoms with E-state index in [1.165, 1.54) is 18.9 Å². The number of halogens is 1. The molecule has 0 aliphatic heterocycles. The molecule has 0 saturated heterocycles. The largest absolute Gasteiger partial charge is 0.490 e. The minimum Gasteiger partial charge on any atom is -0.490 e. The molecular weight excluding hydrogens is 229 g/mol. The highest BCUT2D eigenvalue weighted by molar-refractivity contribution is 5.34. The Balaban J connectivity index is 2.03. The van der Waals surface area contributed by atoms with Crippen molar-refractivity contribution < 1.29 is 9.13 Å². The Morgan fingerprint density at radius 3 is 2.67 bits per heavy atom. The van der Waals surface area contributed by atoms with Crippen molar-refractivity contribution in [3.05, 3.63) is 29.6 Å². The van der Waals surface area contributed by atoms with Gasteiger partial charge in [0.05, 0.1) is 6.10 Å². The van der Waals surface area contributed by atoms with Gasteiger partial charge in [-0.2, -0.15) is 0 Å². The minimum atomic E-state index is -0.204. The molecule has 3 heteroatoms. The number of hydrogen-bond donors (Lipinski definition) is 1. The Hall–Kier alpha value is -1.09. The zero-order valence-electron chi connectivity index (χ0n) is 11.2. The second kappa shape index (κ2) is 6.19. The fourth-order valence-corrected chi connectivity index (χ4v) is 2.52. The van der Waals surface area contributed by atoms with Crippen molar-refractivity contribution in [1.82, 2.24) is 5.32 Å². The van der Waals surface area contributed by atoms with Crippen LogP contribution in [0.5, 0.6) is 5.75 Å². The molecule has 1 aliphatic rings. The Bertz CT molecular complexity index is 386. The summed E-state index contributed by atoms with van der Waals surface area (Å²) in [5.41, 5.74) is 0.899. The number of benzene rings is 1. The lowest BCUT2D eigenvalue weighted by molar-refractivity contribution is 0.134. The Morgan fingerprint density at radius 1 is 1.28 bits per heavy atom. The van der Waals surface area contributed by atoms with E-state index in [-0.39, 0.29) is 5.82 Å². The lowest BCUT2D eigenvalue weighted by atomic mass is 9.89. The summed E-state index contributed by atoms with van der Waals surface area (Å²) in [5.74, 6) is 1.44. The molecule has 0 spiro atoms. The van der Waals surface area contributed by atoms with Gasteiger partial charge >= 0.3 is 0 Å². The summed E-state index contributed by atoms with van der Waals surface area (Å²) in [6, 6.07) is 4.78. The molecule has 0 amide bonds. The van der Waals surface area contributed by atoms with Gasteiger partial charge in [-0.05, 0) is 56.8 Å². The minimum absolute atomic E-state index is 0.204. The van der Waals surface area contributed by atoms with Crippen LogP contribution < -0.4 is 10.1 Å². The van der Waals surface area contributed by atoms with Crippen molar-refractivity contribution in [3.8, 4) is 5.75 Å². The molecule has 0 heterocycles. The van der Waals surface area contributed by atoms with Gasteiger partial charge in [0, 0.05) is 12.1 Å². The normalized spacial score (nSPS) is 23.9. The first kappa shape index (κ1) is 13.3. The molecule has 1 saturated carbocycles. The van der Waals surface area contributed by atoms with E-state index in [2.05, 4.69) is 12.2 Å². The van der Waals surface area contributed by atoms with E-state index in [9.17, 15) is 4.39 Å².